The number of Topliss-reactive ketones (excluding diaryl/α,β-unsaturated/α-hetero) is 1. The molecule has 0 aliphatic heterocycles. The highest BCUT2D eigenvalue weighted by Gasteiger charge is 2.29. The van der Waals surface area contributed by atoms with E-state index in [0.29, 0.717) is 19.4 Å². The molecule has 0 aliphatic carbocycles. The topological polar surface area (TPSA) is 114 Å². The van der Waals surface area contributed by atoms with Crippen molar-refractivity contribution in [1.29, 1.82) is 0 Å². The standard InChI is InChI=1S/C22H33N3O5/c1-5-12-23-21(28)19(26)17(6-2)24-20(27)18(13-15(3)4)25-22(29)30-14-16-10-8-7-9-11-16/h7-11,15,17-18H,5-6,12-14H2,1-4H3,(H,23,28)(H,24,27)(H,25,29)/t17-,18-/m0/s1. The van der Waals surface area contributed by atoms with Crippen LogP contribution in [0, 0.1) is 5.92 Å². The van der Waals surface area contributed by atoms with E-state index in [4.69, 9.17) is 4.74 Å². The molecule has 2 atom stereocenters. The zero-order chi connectivity index (χ0) is 22.5. The van der Waals surface area contributed by atoms with Crippen molar-refractivity contribution in [3.63, 3.8) is 0 Å². The third kappa shape index (κ3) is 9.07. The van der Waals surface area contributed by atoms with Gasteiger partial charge in [0.2, 0.25) is 11.7 Å². The van der Waals surface area contributed by atoms with Gasteiger partial charge >= 0.3 is 6.09 Å². The minimum Gasteiger partial charge on any atom is -0.445 e. The van der Waals surface area contributed by atoms with Crippen LogP contribution in [0.4, 0.5) is 4.79 Å². The SMILES string of the molecule is CCCNC(=O)C(=O)[C@H](CC)NC(=O)[C@H](CC(C)C)NC(=O)OCc1ccccc1. The molecule has 3 N–H and O–H groups in total. The first-order valence-electron chi connectivity index (χ1n) is 10.4. The van der Waals surface area contributed by atoms with Crippen molar-refractivity contribution in [3.05, 3.63) is 35.9 Å². The third-order valence-electron chi connectivity index (χ3n) is 4.33. The molecule has 0 saturated carbocycles. The zero-order valence-corrected chi connectivity index (χ0v) is 18.2. The molecule has 166 valence electrons. The molecule has 8 nitrogen and oxygen atoms in total. The maximum Gasteiger partial charge on any atom is 0.408 e. The summed E-state index contributed by atoms with van der Waals surface area (Å²) in [6.45, 7) is 7.88. The summed E-state index contributed by atoms with van der Waals surface area (Å²) < 4.78 is 5.19. The van der Waals surface area contributed by atoms with E-state index in [1.165, 1.54) is 0 Å². The van der Waals surface area contributed by atoms with Crippen LogP contribution in [0.2, 0.25) is 0 Å². The Kier molecular flexibility index (Phi) is 11.2. The number of benzene rings is 1. The van der Waals surface area contributed by atoms with E-state index in [1.54, 1.807) is 6.92 Å². The van der Waals surface area contributed by atoms with Gasteiger partial charge in [0.15, 0.2) is 0 Å². The largest absolute Gasteiger partial charge is 0.445 e. The maximum atomic E-state index is 12.7. The summed E-state index contributed by atoms with van der Waals surface area (Å²) in [5.74, 6) is -1.84. The Morgan fingerprint density at radius 3 is 2.20 bits per heavy atom. The molecular weight excluding hydrogens is 386 g/mol. The van der Waals surface area contributed by atoms with Crippen molar-refractivity contribution >= 4 is 23.7 Å². The number of carbonyl (C=O) groups is 4. The molecule has 0 radical (unpaired) electrons. The van der Waals surface area contributed by atoms with Crippen LogP contribution in [0.25, 0.3) is 0 Å². The molecule has 0 heterocycles. The lowest BCUT2D eigenvalue weighted by atomic mass is 10.0. The van der Waals surface area contributed by atoms with Crippen molar-refractivity contribution in [3.8, 4) is 0 Å². The average Bonchev–Trinajstić information content (AvgIpc) is 2.73. The lowest BCUT2D eigenvalue weighted by molar-refractivity contribution is -0.140. The highest BCUT2D eigenvalue weighted by Crippen LogP contribution is 2.08. The van der Waals surface area contributed by atoms with Crippen molar-refractivity contribution in [2.24, 2.45) is 5.92 Å². The monoisotopic (exact) mass is 419 g/mol. The van der Waals surface area contributed by atoms with Gasteiger partial charge < -0.3 is 20.7 Å². The van der Waals surface area contributed by atoms with Crippen LogP contribution in [-0.2, 0) is 25.7 Å². The van der Waals surface area contributed by atoms with Crippen molar-refractivity contribution in [2.45, 2.75) is 65.6 Å². The molecule has 0 saturated heterocycles. The first kappa shape index (κ1) is 25.1. The third-order valence-corrected chi connectivity index (χ3v) is 4.33. The minimum absolute atomic E-state index is 0.0797. The summed E-state index contributed by atoms with van der Waals surface area (Å²) >= 11 is 0. The predicted molar refractivity (Wildman–Crippen MR) is 114 cm³/mol. The lowest BCUT2D eigenvalue weighted by Gasteiger charge is -2.23. The van der Waals surface area contributed by atoms with Crippen LogP contribution >= 0.6 is 0 Å². The summed E-state index contributed by atoms with van der Waals surface area (Å²) in [4.78, 5) is 49.1. The fourth-order valence-electron chi connectivity index (χ4n) is 2.72. The van der Waals surface area contributed by atoms with Gasteiger partial charge in [-0.3, -0.25) is 14.4 Å². The molecule has 0 aromatic heterocycles. The number of ether oxygens (including phenoxy) is 1. The van der Waals surface area contributed by atoms with Crippen molar-refractivity contribution in [2.75, 3.05) is 6.54 Å². The molecule has 1 rings (SSSR count). The van der Waals surface area contributed by atoms with Gasteiger partial charge in [-0.2, -0.15) is 0 Å². The Bertz CT molecular complexity index is 706. The van der Waals surface area contributed by atoms with Crippen LogP contribution in [0.3, 0.4) is 0 Å². The maximum absolute atomic E-state index is 12.7. The van der Waals surface area contributed by atoms with Gasteiger partial charge in [-0.25, -0.2) is 4.79 Å². The summed E-state index contributed by atoms with van der Waals surface area (Å²) in [5, 5.41) is 7.67. The molecule has 0 fully saturated rings. The molecule has 0 bridgehead atoms. The highest BCUT2D eigenvalue weighted by molar-refractivity contribution is 6.38. The van der Waals surface area contributed by atoms with E-state index in [1.807, 2.05) is 51.1 Å². The van der Waals surface area contributed by atoms with Crippen molar-refractivity contribution in [1.82, 2.24) is 16.0 Å². The van der Waals surface area contributed by atoms with Gasteiger partial charge in [0.1, 0.15) is 12.6 Å². The van der Waals surface area contributed by atoms with E-state index in [2.05, 4.69) is 16.0 Å². The van der Waals surface area contributed by atoms with Crippen LogP contribution < -0.4 is 16.0 Å². The molecule has 0 aliphatic rings. The number of hydrogen-bond acceptors (Lipinski definition) is 5. The lowest BCUT2D eigenvalue weighted by Crippen LogP contribution is -2.54. The molecule has 0 spiro atoms. The van der Waals surface area contributed by atoms with Gasteiger partial charge in [0.25, 0.3) is 5.91 Å². The molecule has 3 amide bonds. The van der Waals surface area contributed by atoms with Crippen LogP contribution in [0.1, 0.15) is 52.5 Å². The predicted octanol–water partition coefficient (Wildman–Crippen LogP) is 2.32. The molecule has 8 heteroatoms. The van der Waals surface area contributed by atoms with Gasteiger partial charge in [0.05, 0.1) is 6.04 Å². The van der Waals surface area contributed by atoms with Crippen LogP contribution in [0.15, 0.2) is 30.3 Å². The van der Waals surface area contributed by atoms with Gasteiger partial charge in [0, 0.05) is 6.54 Å². The number of ketones is 1. The fraction of sp³-hybridized carbons (Fsp3) is 0.545. The van der Waals surface area contributed by atoms with Crippen LogP contribution in [0.5, 0.6) is 0 Å². The fourth-order valence-corrected chi connectivity index (χ4v) is 2.72. The smallest absolute Gasteiger partial charge is 0.408 e. The second-order valence-electron chi connectivity index (χ2n) is 7.48. The first-order valence-corrected chi connectivity index (χ1v) is 10.4. The van der Waals surface area contributed by atoms with E-state index in [0.717, 1.165) is 5.56 Å². The molecule has 1 aromatic rings. The second-order valence-corrected chi connectivity index (χ2v) is 7.48. The number of nitrogens with one attached hydrogen (secondary N) is 3. The Morgan fingerprint density at radius 2 is 1.63 bits per heavy atom. The Balaban J connectivity index is 2.70. The van der Waals surface area contributed by atoms with E-state index >= 15 is 0 Å². The van der Waals surface area contributed by atoms with Crippen molar-refractivity contribution < 1.29 is 23.9 Å². The van der Waals surface area contributed by atoms with Crippen LogP contribution in [-0.4, -0.2) is 42.3 Å². The van der Waals surface area contributed by atoms with Gasteiger partial charge in [-0.1, -0.05) is 58.0 Å². The van der Waals surface area contributed by atoms with E-state index in [9.17, 15) is 19.2 Å². The van der Waals surface area contributed by atoms with E-state index in [-0.39, 0.29) is 18.9 Å². The second kappa shape index (κ2) is 13.3. The Hall–Kier alpha value is -2.90. The average molecular weight is 420 g/mol. The van der Waals surface area contributed by atoms with Gasteiger partial charge in [-0.05, 0) is 30.7 Å². The number of amides is 3. The molecule has 1 aromatic carbocycles. The number of alkyl carbamates (subject to hydrolysis) is 1. The van der Waals surface area contributed by atoms with Gasteiger partial charge in [-0.15, -0.1) is 0 Å². The Labute approximate surface area is 178 Å². The summed E-state index contributed by atoms with van der Waals surface area (Å²) in [5.41, 5.74) is 0.826. The number of carbonyl (C=O) groups excluding carboxylic acids is 4. The zero-order valence-electron chi connectivity index (χ0n) is 18.2. The summed E-state index contributed by atoms with van der Waals surface area (Å²) in [7, 11) is 0. The normalized spacial score (nSPS) is 12.6. The molecular formula is C22H33N3O5. The quantitative estimate of drug-likeness (QED) is 0.450. The number of rotatable bonds is 12. The summed E-state index contributed by atoms with van der Waals surface area (Å²) in [6, 6.07) is 7.36. The summed E-state index contributed by atoms with van der Waals surface area (Å²) in [6.07, 6.45) is 0.600. The molecule has 30 heavy (non-hydrogen) atoms. The molecule has 0 unspecified atom stereocenters. The highest BCUT2D eigenvalue weighted by atomic mass is 16.5. The Morgan fingerprint density at radius 1 is 0.967 bits per heavy atom. The first-order chi connectivity index (χ1) is 14.3. The van der Waals surface area contributed by atoms with E-state index < -0.39 is 35.8 Å². The number of hydrogen-bond donors (Lipinski definition) is 3. The minimum atomic E-state index is -0.953.